The molecule has 4 heteroatoms. The molecular weight excluding hydrogens is 242 g/mol. The normalized spacial score (nSPS) is 10.2. The zero-order chi connectivity index (χ0) is 14.6. The Morgan fingerprint density at radius 3 is 2.37 bits per heavy atom. The van der Waals surface area contributed by atoms with E-state index in [0.717, 1.165) is 17.7 Å². The second-order valence-electron chi connectivity index (χ2n) is 4.78. The third-order valence-corrected chi connectivity index (χ3v) is 3.54. The lowest BCUT2D eigenvalue weighted by atomic mass is 9.96. The Bertz CT molecular complexity index is 469. The topological polar surface area (TPSA) is 38.8 Å². The van der Waals surface area contributed by atoms with Crippen molar-refractivity contribution in [3.63, 3.8) is 0 Å². The Labute approximate surface area is 115 Å². The SMILES string of the molecule is COC(=O)N(C)CCc1cc(C)c(OC)c(C)c1C. The molecule has 0 aliphatic carbocycles. The molecule has 106 valence electrons. The number of ether oxygens (including phenoxy) is 2. The summed E-state index contributed by atoms with van der Waals surface area (Å²) in [4.78, 5) is 12.9. The van der Waals surface area contributed by atoms with Crippen LogP contribution in [-0.2, 0) is 11.2 Å². The summed E-state index contributed by atoms with van der Waals surface area (Å²) in [6, 6.07) is 2.13. The molecule has 0 aromatic heterocycles. The van der Waals surface area contributed by atoms with Gasteiger partial charge in [-0.25, -0.2) is 4.79 Å². The van der Waals surface area contributed by atoms with Gasteiger partial charge in [0, 0.05) is 13.6 Å². The summed E-state index contributed by atoms with van der Waals surface area (Å²) < 4.78 is 10.1. The van der Waals surface area contributed by atoms with Gasteiger partial charge in [0.05, 0.1) is 14.2 Å². The quantitative estimate of drug-likeness (QED) is 0.840. The second-order valence-corrected chi connectivity index (χ2v) is 4.78. The van der Waals surface area contributed by atoms with Crippen LogP contribution >= 0.6 is 0 Å². The van der Waals surface area contributed by atoms with Crippen molar-refractivity contribution in [2.45, 2.75) is 27.2 Å². The molecule has 4 nitrogen and oxygen atoms in total. The molecule has 0 saturated carbocycles. The molecule has 0 fully saturated rings. The zero-order valence-electron chi connectivity index (χ0n) is 12.7. The second kappa shape index (κ2) is 6.45. The van der Waals surface area contributed by atoms with Gasteiger partial charge in [0.15, 0.2) is 0 Å². The molecule has 0 saturated heterocycles. The summed E-state index contributed by atoms with van der Waals surface area (Å²) in [5.74, 6) is 0.947. The lowest BCUT2D eigenvalue weighted by Crippen LogP contribution is -2.28. The lowest BCUT2D eigenvalue weighted by Gasteiger charge is -2.19. The largest absolute Gasteiger partial charge is 0.496 e. The van der Waals surface area contributed by atoms with E-state index in [2.05, 4.69) is 24.7 Å². The third kappa shape index (κ3) is 3.40. The van der Waals surface area contributed by atoms with Crippen molar-refractivity contribution >= 4 is 6.09 Å². The van der Waals surface area contributed by atoms with Crippen molar-refractivity contribution in [1.82, 2.24) is 4.90 Å². The number of aryl methyl sites for hydroxylation is 1. The maximum Gasteiger partial charge on any atom is 0.409 e. The number of likely N-dealkylation sites (N-methyl/N-ethyl adjacent to an activating group) is 1. The molecule has 0 radical (unpaired) electrons. The van der Waals surface area contributed by atoms with Gasteiger partial charge < -0.3 is 14.4 Å². The number of methoxy groups -OCH3 is 2. The van der Waals surface area contributed by atoms with Crippen LogP contribution in [0.25, 0.3) is 0 Å². The molecule has 0 spiro atoms. The molecule has 0 aliphatic heterocycles. The van der Waals surface area contributed by atoms with Crippen molar-refractivity contribution in [3.8, 4) is 5.75 Å². The van der Waals surface area contributed by atoms with Crippen LogP contribution in [0.15, 0.2) is 6.07 Å². The molecule has 1 rings (SSSR count). The van der Waals surface area contributed by atoms with Crippen LogP contribution in [0, 0.1) is 20.8 Å². The number of hydrogen-bond acceptors (Lipinski definition) is 3. The number of benzene rings is 1. The first-order valence-electron chi connectivity index (χ1n) is 6.35. The predicted molar refractivity (Wildman–Crippen MR) is 75.9 cm³/mol. The minimum absolute atomic E-state index is 0.306. The van der Waals surface area contributed by atoms with Gasteiger partial charge in [-0.05, 0) is 49.4 Å². The van der Waals surface area contributed by atoms with Gasteiger partial charge in [-0.1, -0.05) is 6.07 Å². The highest BCUT2D eigenvalue weighted by Gasteiger charge is 2.13. The Morgan fingerprint density at radius 2 is 1.84 bits per heavy atom. The molecule has 0 atom stereocenters. The van der Waals surface area contributed by atoms with Crippen LogP contribution in [0.2, 0.25) is 0 Å². The molecule has 0 unspecified atom stereocenters. The fourth-order valence-corrected chi connectivity index (χ4v) is 2.25. The van der Waals surface area contributed by atoms with Gasteiger partial charge in [0.25, 0.3) is 0 Å². The van der Waals surface area contributed by atoms with E-state index in [-0.39, 0.29) is 6.09 Å². The van der Waals surface area contributed by atoms with Crippen molar-refractivity contribution < 1.29 is 14.3 Å². The van der Waals surface area contributed by atoms with Crippen molar-refractivity contribution in [1.29, 1.82) is 0 Å². The first-order valence-corrected chi connectivity index (χ1v) is 6.35. The predicted octanol–water partition coefficient (Wildman–Crippen LogP) is 2.86. The zero-order valence-corrected chi connectivity index (χ0v) is 12.7. The summed E-state index contributed by atoms with van der Waals surface area (Å²) in [5, 5.41) is 0. The molecule has 0 heterocycles. The third-order valence-electron chi connectivity index (χ3n) is 3.54. The van der Waals surface area contributed by atoms with Crippen molar-refractivity contribution in [3.05, 3.63) is 28.3 Å². The molecule has 19 heavy (non-hydrogen) atoms. The van der Waals surface area contributed by atoms with E-state index in [1.165, 1.54) is 23.8 Å². The van der Waals surface area contributed by atoms with E-state index in [9.17, 15) is 4.79 Å². The van der Waals surface area contributed by atoms with E-state index in [4.69, 9.17) is 4.74 Å². The Kier molecular flexibility index (Phi) is 5.21. The number of nitrogens with zero attached hydrogens (tertiary/aromatic N) is 1. The summed E-state index contributed by atoms with van der Waals surface area (Å²) in [6.45, 7) is 6.83. The van der Waals surface area contributed by atoms with Crippen LogP contribution in [-0.4, -0.2) is 38.8 Å². The summed E-state index contributed by atoms with van der Waals surface area (Å²) in [7, 11) is 4.83. The highest BCUT2D eigenvalue weighted by molar-refractivity contribution is 5.67. The Hall–Kier alpha value is -1.71. The van der Waals surface area contributed by atoms with Gasteiger partial charge >= 0.3 is 6.09 Å². The molecule has 1 amide bonds. The number of carbonyl (C=O) groups excluding carboxylic acids is 1. The minimum atomic E-state index is -0.306. The monoisotopic (exact) mass is 265 g/mol. The van der Waals surface area contributed by atoms with E-state index >= 15 is 0 Å². The summed E-state index contributed by atoms with van der Waals surface area (Å²) in [6.07, 6.45) is 0.503. The van der Waals surface area contributed by atoms with Gasteiger partial charge in [0.1, 0.15) is 5.75 Å². The van der Waals surface area contributed by atoms with E-state index < -0.39 is 0 Å². The molecule has 0 bridgehead atoms. The molecule has 0 aliphatic rings. The first kappa shape index (κ1) is 15.3. The fourth-order valence-electron chi connectivity index (χ4n) is 2.25. The van der Waals surface area contributed by atoms with Gasteiger partial charge in [0.2, 0.25) is 0 Å². The maximum atomic E-state index is 11.3. The van der Waals surface area contributed by atoms with Crippen LogP contribution in [0.1, 0.15) is 22.3 Å². The van der Waals surface area contributed by atoms with Gasteiger partial charge in [-0.2, -0.15) is 0 Å². The Balaban J connectivity index is 2.88. The highest BCUT2D eigenvalue weighted by Crippen LogP contribution is 2.28. The average Bonchev–Trinajstić information content (AvgIpc) is 2.40. The van der Waals surface area contributed by atoms with E-state index in [1.54, 1.807) is 19.1 Å². The van der Waals surface area contributed by atoms with Crippen LogP contribution in [0.5, 0.6) is 5.75 Å². The van der Waals surface area contributed by atoms with Crippen LogP contribution in [0.3, 0.4) is 0 Å². The first-order chi connectivity index (χ1) is 8.92. The molecule has 1 aromatic carbocycles. The van der Waals surface area contributed by atoms with Gasteiger partial charge in [-0.3, -0.25) is 0 Å². The minimum Gasteiger partial charge on any atom is -0.496 e. The van der Waals surface area contributed by atoms with E-state index in [1.807, 2.05) is 6.92 Å². The van der Waals surface area contributed by atoms with Gasteiger partial charge in [-0.15, -0.1) is 0 Å². The van der Waals surface area contributed by atoms with Crippen molar-refractivity contribution in [2.24, 2.45) is 0 Å². The smallest absolute Gasteiger partial charge is 0.409 e. The van der Waals surface area contributed by atoms with E-state index in [0.29, 0.717) is 6.54 Å². The maximum absolute atomic E-state index is 11.3. The van der Waals surface area contributed by atoms with Crippen molar-refractivity contribution in [2.75, 3.05) is 27.8 Å². The summed E-state index contributed by atoms with van der Waals surface area (Å²) in [5.41, 5.74) is 4.76. The number of amides is 1. The fraction of sp³-hybridized carbons (Fsp3) is 0.533. The van der Waals surface area contributed by atoms with Crippen LogP contribution in [0.4, 0.5) is 4.79 Å². The average molecular weight is 265 g/mol. The number of rotatable bonds is 4. The highest BCUT2D eigenvalue weighted by atomic mass is 16.5. The number of carbonyl (C=O) groups is 1. The molecule has 1 aromatic rings. The standard InChI is InChI=1S/C15H23NO3/c1-10-9-13(7-8-16(4)15(17)19-6)11(2)12(3)14(10)18-5/h9H,7-8H2,1-6H3. The van der Waals surface area contributed by atoms with Crippen LogP contribution < -0.4 is 4.74 Å². The molecule has 0 N–H and O–H groups in total. The Morgan fingerprint density at radius 1 is 1.21 bits per heavy atom. The number of hydrogen-bond donors (Lipinski definition) is 0. The molecular formula is C15H23NO3. The summed E-state index contributed by atoms with van der Waals surface area (Å²) >= 11 is 0. The lowest BCUT2D eigenvalue weighted by molar-refractivity contribution is 0.134.